The molecule has 0 saturated heterocycles. The molecule has 14 heteroatoms. The Kier molecular flexibility index (Phi) is 12.1. The highest BCUT2D eigenvalue weighted by Crippen LogP contribution is 2.27. The van der Waals surface area contributed by atoms with Crippen molar-refractivity contribution < 1.29 is 28.8 Å². The van der Waals surface area contributed by atoms with E-state index in [9.17, 15) is 24.5 Å². The van der Waals surface area contributed by atoms with Crippen LogP contribution in [-0.2, 0) is 9.53 Å². The summed E-state index contributed by atoms with van der Waals surface area (Å²) < 4.78 is 10.9. The second kappa shape index (κ2) is 14.8. The quantitative estimate of drug-likeness (QED) is 0.169. The Balaban J connectivity index is 2.11. The summed E-state index contributed by atoms with van der Waals surface area (Å²) in [6.07, 6.45) is 1.55. The lowest BCUT2D eigenvalue weighted by Crippen LogP contribution is -2.44. The van der Waals surface area contributed by atoms with E-state index in [4.69, 9.17) is 32.7 Å². The van der Waals surface area contributed by atoms with Gasteiger partial charge in [0, 0.05) is 17.2 Å². The standard InChI is InChI=1S/C25H30Cl2N4O7S/c1-25(2,3)38-24(34)28-10-11-37-21-8-5-15(26)13-17(21)22(32)30-20(9-12-39-4)23(33)29-19-7-6-16(31(35)36)14-18(19)27/h5-8,13-14,20H,9-12H2,1-4H3,(H,28,34)(H,29,33)(H,30,32)/t20-/m0/s1. The molecule has 0 radical (unpaired) electrons. The van der Waals surface area contributed by atoms with Crippen LogP contribution in [0.2, 0.25) is 10.0 Å². The van der Waals surface area contributed by atoms with Gasteiger partial charge >= 0.3 is 6.09 Å². The van der Waals surface area contributed by atoms with Crippen molar-refractivity contribution in [3.05, 3.63) is 62.1 Å². The predicted molar refractivity (Wildman–Crippen MR) is 152 cm³/mol. The van der Waals surface area contributed by atoms with Gasteiger partial charge in [-0.25, -0.2) is 4.79 Å². The molecular formula is C25H30Cl2N4O7S. The summed E-state index contributed by atoms with van der Waals surface area (Å²) in [5, 5.41) is 19.1. The van der Waals surface area contributed by atoms with Crippen LogP contribution in [0.4, 0.5) is 16.2 Å². The lowest BCUT2D eigenvalue weighted by Gasteiger charge is -2.20. The Hall–Kier alpha value is -3.22. The zero-order valence-corrected chi connectivity index (χ0v) is 24.2. The van der Waals surface area contributed by atoms with Crippen molar-refractivity contribution in [1.29, 1.82) is 0 Å². The summed E-state index contributed by atoms with van der Waals surface area (Å²) in [5.74, 6) is -0.407. The number of amides is 3. The summed E-state index contributed by atoms with van der Waals surface area (Å²) in [7, 11) is 0. The van der Waals surface area contributed by atoms with Crippen LogP contribution >= 0.6 is 35.0 Å². The Bertz CT molecular complexity index is 1210. The summed E-state index contributed by atoms with van der Waals surface area (Å²) in [6, 6.07) is 7.16. The van der Waals surface area contributed by atoms with Gasteiger partial charge in [-0.1, -0.05) is 23.2 Å². The van der Waals surface area contributed by atoms with Crippen molar-refractivity contribution in [3.8, 4) is 5.75 Å². The molecular weight excluding hydrogens is 571 g/mol. The fourth-order valence-corrected chi connectivity index (χ4v) is 3.98. The number of benzene rings is 2. The number of hydrogen-bond acceptors (Lipinski definition) is 8. The number of carbonyl (C=O) groups is 3. The van der Waals surface area contributed by atoms with E-state index in [0.717, 1.165) is 6.07 Å². The van der Waals surface area contributed by atoms with E-state index in [2.05, 4.69) is 16.0 Å². The minimum atomic E-state index is -0.961. The van der Waals surface area contributed by atoms with Crippen LogP contribution in [0.25, 0.3) is 0 Å². The van der Waals surface area contributed by atoms with Crippen LogP contribution in [-0.4, -0.2) is 59.6 Å². The molecule has 11 nitrogen and oxygen atoms in total. The van der Waals surface area contributed by atoms with Gasteiger partial charge in [0.15, 0.2) is 0 Å². The minimum Gasteiger partial charge on any atom is -0.491 e. The number of hydrogen-bond donors (Lipinski definition) is 3. The van der Waals surface area contributed by atoms with Crippen molar-refractivity contribution in [3.63, 3.8) is 0 Å². The van der Waals surface area contributed by atoms with E-state index in [-0.39, 0.29) is 45.9 Å². The van der Waals surface area contributed by atoms with Crippen LogP contribution in [0, 0.1) is 10.1 Å². The fourth-order valence-electron chi connectivity index (χ4n) is 3.11. The van der Waals surface area contributed by atoms with Crippen LogP contribution in [0.1, 0.15) is 37.6 Å². The lowest BCUT2D eigenvalue weighted by atomic mass is 10.1. The third-order valence-electron chi connectivity index (χ3n) is 4.87. The molecule has 2 rings (SSSR count). The molecule has 0 fully saturated rings. The predicted octanol–water partition coefficient (Wildman–Crippen LogP) is 5.30. The summed E-state index contributed by atoms with van der Waals surface area (Å²) in [4.78, 5) is 48.4. The van der Waals surface area contributed by atoms with E-state index in [0.29, 0.717) is 12.2 Å². The molecule has 212 valence electrons. The number of carbonyl (C=O) groups excluding carboxylic acids is 3. The molecule has 0 bridgehead atoms. The second-order valence-electron chi connectivity index (χ2n) is 9.14. The van der Waals surface area contributed by atoms with Gasteiger partial charge in [0.05, 0.1) is 27.7 Å². The number of ether oxygens (including phenoxy) is 2. The van der Waals surface area contributed by atoms with Crippen molar-refractivity contribution in [2.75, 3.05) is 30.5 Å². The molecule has 0 aliphatic carbocycles. The average Bonchev–Trinajstić information content (AvgIpc) is 2.84. The molecule has 0 aromatic heterocycles. The maximum atomic E-state index is 13.2. The summed E-state index contributed by atoms with van der Waals surface area (Å²) in [5.41, 5.74) is -0.606. The van der Waals surface area contributed by atoms with Crippen LogP contribution in [0.15, 0.2) is 36.4 Å². The first-order chi connectivity index (χ1) is 18.3. The number of non-ortho nitro benzene ring substituents is 1. The van der Waals surface area contributed by atoms with Crippen LogP contribution in [0.5, 0.6) is 5.75 Å². The smallest absolute Gasteiger partial charge is 0.407 e. The number of nitro groups is 1. The molecule has 39 heavy (non-hydrogen) atoms. The molecule has 2 aromatic rings. The van der Waals surface area contributed by atoms with Gasteiger partial charge in [-0.3, -0.25) is 19.7 Å². The molecule has 0 aliphatic rings. The lowest BCUT2D eigenvalue weighted by molar-refractivity contribution is -0.384. The van der Waals surface area contributed by atoms with Gasteiger partial charge in [0.1, 0.15) is 24.0 Å². The summed E-state index contributed by atoms with van der Waals surface area (Å²) >= 11 is 13.7. The third kappa shape index (κ3) is 10.8. The van der Waals surface area contributed by atoms with E-state index in [1.54, 1.807) is 26.8 Å². The largest absolute Gasteiger partial charge is 0.491 e. The summed E-state index contributed by atoms with van der Waals surface area (Å²) in [6.45, 7) is 5.39. The Morgan fingerprint density at radius 3 is 2.46 bits per heavy atom. The Labute approximate surface area is 240 Å². The molecule has 0 heterocycles. The number of nitrogens with one attached hydrogen (secondary N) is 3. The SMILES string of the molecule is CSCC[C@H](NC(=O)c1cc(Cl)ccc1OCCNC(=O)OC(C)(C)C)C(=O)Nc1ccc([N+](=O)[O-])cc1Cl. The third-order valence-corrected chi connectivity index (χ3v) is 6.06. The van der Waals surface area contributed by atoms with Gasteiger partial charge in [0.25, 0.3) is 11.6 Å². The van der Waals surface area contributed by atoms with Gasteiger partial charge in [-0.05, 0) is 63.5 Å². The minimum absolute atomic E-state index is 0.0157. The van der Waals surface area contributed by atoms with E-state index in [1.807, 2.05) is 6.26 Å². The normalized spacial score (nSPS) is 11.7. The number of anilines is 1. The van der Waals surface area contributed by atoms with Crippen molar-refractivity contribution in [2.24, 2.45) is 0 Å². The van der Waals surface area contributed by atoms with Gasteiger partial charge < -0.3 is 25.4 Å². The molecule has 3 amide bonds. The Morgan fingerprint density at radius 2 is 1.85 bits per heavy atom. The fraction of sp³-hybridized carbons (Fsp3) is 0.400. The number of thioether (sulfide) groups is 1. The highest BCUT2D eigenvalue weighted by atomic mass is 35.5. The van der Waals surface area contributed by atoms with Crippen LogP contribution < -0.4 is 20.7 Å². The number of rotatable bonds is 12. The Morgan fingerprint density at radius 1 is 1.13 bits per heavy atom. The first kappa shape index (κ1) is 32.0. The van der Waals surface area contributed by atoms with Crippen LogP contribution in [0.3, 0.4) is 0 Å². The number of nitro benzene ring substituents is 1. The highest BCUT2D eigenvalue weighted by molar-refractivity contribution is 7.98. The molecule has 0 aliphatic heterocycles. The van der Waals surface area contributed by atoms with Gasteiger partial charge in [-0.2, -0.15) is 11.8 Å². The van der Waals surface area contributed by atoms with E-state index in [1.165, 1.54) is 36.0 Å². The topological polar surface area (TPSA) is 149 Å². The number of nitrogens with zero attached hydrogens (tertiary/aromatic N) is 1. The van der Waals surface area contributed by atoms with E-state index >= 15 is 0 Å². The molecule has 2 aromatic carbocycles. The molecule has 0 unspecified atom stereocenters. The zero-order valence-electron chi connectivity index (χ0n) is 21.8. The molecule has 0 spiro atoms. The molecule has 0 saturated carbocycles. The van der Waals surface area contributed by atoms with Gasteiger partial charge in [-0.15, -0.1) is 0 Å². The van der Waals surface area contributed by atoms with E-state index < -0.39 is 34.5 Å². The maximum absolute atomic E-state index is 13.2. The maximum Gasteiger partial charge on any atom is 0.407 e. The highest BCUT2D eigenvalue weighted by Gasteiger charge is 2.24. The first-order valence-corrected chi connectivity index (χ1v) is 13.9. The van der Waals surface area contributed by atoms with Crippen molar-refractivity contribution >= 4 is 64.2 Å². The van der Waals surface area contributed by atoms with Gasteiger partial charge in [0.2, 0.25) is 5.91 Å². The van der Waals surface area contributed by atoms with Crippen molar-refractivity contribution in [2.45, 2.75) is 38.8 Å². The number of alkyl carbamates (subject to hydrolysis) is 1. The molecule has 3 N–H and O–H groups in total. The zero-order chi connectivity index (χ0) is 29.2. The van der Waals surface area contributed by atoms with Crippen molar-refractivity contribution in [1.82, 2.24) is 10.6 Å². The second-order valence-corrected chi connectivity index (χ2v) is 11.0. The molecule has 1 atom stereocenters. The first-order valence-electron chi connectivity index (χ1n) is 11.7. The monoisotopic (exact) mass is 600 g/mol. The average molecular weight is 602 g/mol. The number of halogens is 2.